The van der Waals surface area contributed by atoms with Crippen molar-refractivity contribution in [3.05, 3.63) is 29.8 Å². The number of rotatable bonds is 5. The highest BCUT2D eigenvalue weighted by Crippen LogP contribution is 2.24. The third-order valence-corrected chi connectivity index (χ3v) is 2.06. The van der Waals surface area contributed by atoms with Crippen LogP contribution in [0.1, 0.15) is 31.4 Å². The van der Waals surface area contributed by atoms with E-state index in [2.05, 4.69) is 6.07 Å². The molecule has 0 aliphatic rings. The molecule has 1 N–H and O–H groups in total. The highest BCUT2D eigenvalue weighted by molar-refractivity contribution is 5.34. The summed E-state index contributed by atoms with van der Waals surface area (Å²) in [6.07, 6.45) is 0.679. The van der Waals surface area contributed by atoms with E-state index in [1.165, 1.54) is 0 Å². The van der Waals surface area contributed by atoms with Gasteiger partial charge in [0.25, 0.3) is 0 Å². The molecule has 0 heterocycles. The van der Waals surface area contributed by atoms with Crippen molar-refractivity contribution in [1.82, 2.24) is 0 Å². The molecule has 0 aliphatic carbocycles. The number of hydrogen-bond donors (Lipinski definition) is 1. The second-order valence-electron chi connectivity index (χ2n) is 3.32. The van der Waals surface area contributed by atoms with E-state index in [-0.39, 0.29) is 0 Å². The summed E-state index contributed by atoms with van der Waals surface area (Å²) >= 11 is 0. The van der Waals surface area contributed by atoms with Crippen molar-refractivity contribution >= 4 is 0 Å². The molecule has 0 amide bonds. The number of benzene rings is 1. The molecular formula is C12H15NO2. The van der Waals surface area contributed by atoms with E-state index < -0.39 is 6.10 Å². The highest BCUT2D eigenvalue weighted by atomic mass is 16.5. The Morgan fingerprint density at radius 3 is 2.87 bits per heavy atom. The van der Waals surface area contributed by atoms with Gasteiger partial charge in [-0.05, 0) is 19.4 Å². The van der Waals surface area contributed by atoms with Crippen LogP contribution in [0, 0.1) is 11.3 Å². The van der Waals surface area contributed by atoms with E-state index in [1.807, 2.05) is 24.3 Å². The number of para-hydroxylation sites is 1. The zero-order valence-corrected chi connectivity index (χ0v) is 8.81. The molecule has 0 aliphatic heterocycles. The molecule has 80 valence electrons. The number of aliphatic hydroxyl groups excluding tert-OH is 1. The van der Waals surface area contributed by atoms with E-state index in [0.717, 1.165) is 5.56 Å². The summed E-state index contributed by atoms with van der Waals surface area (Å²) in [5.41, 5.74) is 0.787. The number of hydrogen-bond acceptors (Lipinski definition) is 3. The van der Waals surface area contributed by atoms with Crippen LogP contribution in [0.15, 0.2) is 24.3 Å². The van der Waals surface area contributed by atoms with Crippen molar-refractivity contribution < 1.29 is 9.84 Å². The Hall–Kier alpha value is -1.53. The number of nitriles is 1. The van der Waals surface area contributed by atoms with Crippen molar-refractivity contribution in [2.24, 2.45) is 0 Å². The fourth-order valence-electron chi connectivity index (χ4n) is 1.29. The molecule has 0 saturated carbocycles. The molecule has 1 atom stereocenters. The molecule has 0 saturated heterocycles. The third-order valence-electron chi connectivity index (χ3n) is 2.06. The predicted molar refractivity (Wildman–Crippen MR) is 57.4 cm³/mol. The summed E-state index contributed by atoms with van der Waals surface area (Å²) in [6.45, 7) is 2.22. The Balaban J connectivity index is 2.56. The quantitative estimate of drug-likeness (QED) is 0.751. The monoisotopic (exact) mass is 205 g/mol. The lowest BCUT2D eigenvalue weighted by molar-refractivity contribution is 0.191. The van der Waals surface area contributed by atoms with Gasteiger partial charge in [-0.3, -0.25) is 0 Å². The minimum absolute atomic E-state index is 0.497. The lowest BCUT2D eigenvalue weighted by Gasteiger charge is -2.12. The Bertz CT molecular complexity index is 342. The van der Waals surface area contributed by atoms with Crippen molar-refractivity contribution in [3.8, 4) is 11.8 Å². The van der Waals surface area contributed by atoms with Crippen LogP contribution in [0.2, 0.25) is 0 Å². The fourth-order valence-corrected chi connectivity index (χ4v) is 1.29. The third kappa shape index (κ3) is 3.61. The molecule has 0 bridgehead atoms. The predicted octanol–water partition coefficient (Wildman–Crippen LogP) is 2.42. The van der Waals surface area contributed by atoms with Gasteiger partial charge >= 0.3 is 0 Å². The van der Waals surface area contributed by atoms with Gasteiger partial charge < -0.3 is 9.84 Å². The van der Waals surface area contributed by atoms with Crippen LogP contribution in [0.5, 0.6) is 5.75 Å². The van der Waals surface area contributed by atoms with Crippen molar-refractivity contribution in [1.29, 1.82) is 5.26 Å². The Labute approximate surface area is 89.9 Å². The molecule has 0 unspecified atom stereocenters. The smallest absolute Gasteiger partial charge is 0.125 e. The zero-order chi connectivity index (χ0) is 11.1. The minimum atomic E-state index is -0.530. The van der Waals surface area contributed by atoms with Gasteiger partial charge in [-0.25, -0.2) is 0 Å². The number of aliphatic hydroxyl groups is 1. The second-order valence-corrected chi connectivity index (χ2v) is 3.32. The van der Waals surface area contributed by atoms with E-state index in [9.17, 15) is 5.11 Å². The van der Waals surface area contributed by atoms with Crippen molar-refractivity contribution in [2.75, 3.05) is 6.61 Å². The van der Waals surface area contributed by atoms with Gasteiger partial charge in [0.15, 0.2) is 0 Å². The van der Waals surface area contributed by atoms with Crippen LogP contribution in [0.25, 0.3) is 0 Å². The van der Waals surface area contributed by atoms with E-state index >= 15 is 0 Å². The van der Waals surface area contributed by atoms with Gasteiger partial charge in [0.1, 0.15) is 5.75 Å². The van der Waals surface area contributed by atoms with Gasteiger partial charge in [-0.15, -0.1) is 0 Å². The normalized spacial score (nSPS) is 11.8. The van der Waals surface area contributed by atoms with E-state index in [4.69, 9.17) is 10.00 Å². The van der Waals surface area contributed by atoms with Crippen LogP contribution in [0.4, 0.5) is 0 Å². The van der Waals surface area contributed by atoms with Gasteiger partial charge in [0, 0.05) is 12.0 Å². The van der Waals surface area contributed by atoms with Crippen molar-refractivity contribution in [3.63, 3.8) is 0 Å². The Kier molecular flexibility index (Phi) is 4.65. The van der Waals surface area contributed by atoms with Crippen LogP contribution in [-0.4, -0.2) is 11.7 Å². The van der Waals surface area contributed by atoms with Gasteiger partial charge in [0.05, 0.1) is 18.8 Å². The molecule has 0 radical (unpaired) electrons. The standard InChI is InChI=1S/C12H15NO2/c1-10(14)11-6-2-3-7-12(11)15-9-5-4-8-13/h2-3,6-7,10,14H,4-5,9H2,1H3/t10-/m0/s1. The summed E-state index contributed by atoms with van der Waals surface area (Å²) in [5, 5.41) is 17.8. The maximum atomic E-state index is 9.47. The van der Waals surface area contributed by atoms with Crippen LogP contribution >= 0.6 is 0 Å². The van der Waals surface area contributed by atoms with Crippen LogP contribution in [0.3, 0.4) is 0 Å². The van der Waals surface area contributed by atoms with E-state index in [1.54, 1.807) is 6.92 Å². The lowest BCUT2D eigenvalue weighted by Crippen LogP contribution is -2.01. The van der Waals surface area contributed by atoms with Crippen molar-refractivity contribution in [2.45, 2.75) is 25.9 Å². The maximum Gasteiger partial charge on any atom is 0.125 e. The summed E-state index contributed by atoms with van der Waals surface area (Å²) < 4.78 is 5.49. The largest absolute Gasteiger partial charge is 0.493 e. The Morgan fingerprint density at radius 1 is 1.47 bits per heavy atom. The summed E-state index contributed by atoms with van der Waals surface area (Å²) in [7, 11) is 0. The average Bonchev–Trinajstić information content (AvgIpc) is 2.25. The first-order valence-electron chi connectivity index (χ1n) is 5.02. The molecule has 0 spiro atoms. The minimum Gasteiger partial charge on any atom is -0.493 e. The molecule has 0 fully saturated rings. The summed E-state index contributed by atoms with van der Waals surface area (Å²) in [5.74, 6) is 0.699. The van der Waals surface area contributed by atoms with Gasteiger partial charge in [0.2, 0.25) is 0 Å². The SMILES string of the molecule is C[C@H](O)c1ccccc1OCCCC#N. The second kappa shape index (κ2) is 6.05. The van der Waals surface area contributed by atoms with Crippen LogP contribution in [-0.2, 0) is 0 Å². The van der Waals surface area contributed by atoms with E-state index in [0.29, 0.717) is 25.2 Å². The van der Waals surface area contributed by atoms with Gasteiger partial charge in [-0.2, -0.15) is 5.26 Å². The first kappa shape index (κ1) is 11.5. The van der Waals surface area contributed by atoms with Crippen LogP contribution < -0.4 is 4.74 Å². The number of nitrogens with zero attached hydrogens (tertiary/aromatic N) is 1. The molecule has 3 nitrogen and oxygen atoms in total. The molecule has 1 aromatic carbocycles. The average molecular weight is 205 g/mol. The Morgan fingerprint density at radius 2 is 2.20 bits per heavy atom. The lowest BCUT2D eigenvalue weighted by atomic mass is 10.1. The molecule has 1 aromatic rings. The number of ether oxygens (including phenoxy) is 1. The molecule has 0 aromatic heterocycles. The van der Waals surface area contributed by atoms with Gasteiger partial charge in [-0.1, -0.05) is 18.2 Å². The molecular weight excluding hydrogens is 190 g/mol. The topological polar surface area (TPSA) is 53.2 Å². The summed E-state index contributed by atoms with van der Waals surface area (Å²) in [6, 6.07) is 9.46. The highest BCUT2D eigenvalue weighted by Gasteiger charge is 2.07. The maximum absolute atomic E-state index is 9.47. The zero-order valence-electron chi connectivity index (χ0n) is 8.81. The molecule has 1 rings (SSSR count). The summed E-state index contributed by atoms with van der Waals surface area (Å²) in [4.78, 5) is 0. The molecule has 15 heavy (non-hydrogen) atoms. The first-order chi connectivity index (χ1) is 7.25. The number of unbranched alkanes of at least 4 members (excludes halogenated alkanes) is 1. The fraction of sp³-hybridized carbons (Fsp3) is 0.417. The molecule has 3 heteroatoms. The first-order valence-corrected chi connectivity index (χ1v) is 5.02.